The van der Waals surface area contributed by atoms with Crippen LogP contribution in [-0.2, 0) is 6.42 Å². The van der Waals surface area contributed by atoms with Crippen LogP contribution in [0.4, 0.5) is 4.79 Å². The van der Waals surface area contributed by atoms with Crippen molar-refractivity contribution in [1.82, 2.24) is 5.32 Å². The molecule has 0 aliphatic heterocycles. The Morgan fingerprint density at radius 3 is 2.65 bits per heavy atom. The number of amides is 1. The van der Waals surface area contributed by atoms with Crippen molar-refractivity contribution in [3.63, 3.8) is 0 Å². The fourth-order valence-electron chi connectivity index (χ4n) is 1.75. The Kier molecular flexibility index (Phi) is 6.10. The van der Waals surface area contributed by atoms with Gasteiger partial charge in [-0.1, -0.05) is 36.8 Å². The number of carboxylic acid groups (broad SMARTS) is 1. The molecule has 0 fully saturated rings. The summed E-state index contributed by atoms with van der Waals surface area (Å²) in [5, 5.41) is 10.7. The average molecular weight is 236 g/mol. The van der Waals surface area contributed by atoms with Crippen LogP contribution in [0.1, 0.15) is 24.8 Å². The highest BCUT2D eigenvalue weighted by Crippen LogP contribution is 2.06. The van der Waals surface area contributed by atoms with E-state index in [1.165, 1.54) is 5.56 Å². The smallest absolute Gasteiger partial charge is 0.404 e. The lowest BCUT2D eigenvalue weighted by atomic mass is 10.0. The summed E-state index contributed by atoms with van der Waals surface area (Å²) in [4.78, 5) is 10.2. The minimum Gasteiger partial charge on any atom is -0.465 e. The molecule has 1 aromatic carbocycles. The van der Waals surface area contributed by atoms with E-state index in [1.807, 2.05) is 18.2 Å². The Labute approximate surface area is 102 Å². The Morgan fingerprint density at radius 2 is 2.00 bits per heavy atom. The Balaban J connectivity index is 2.09. The molecule has 0 aliphatic rings. The first kappa shape index (κ1) is 13.5. The SMILES string of the molecule is NC(CCCCNC(=O)O)Cc1ccccc1. The van der Waals surface area contributed by atoms with Gasteiger partial charge in [0.25, 0.3) is 0 Å². The van der Waals surface area contributed by atoms with Gasteiger partial charge in [0, 0.05) is 12.6 Å². The Morgan fingerprint density at radius 1 is 1.29 bits per heavy atom. The summed E-state index contributed by atoms with van der Waals surface area (Å²) in [6.07, 6.45) is 2.64. The normalized spacial score (nSPS) is 12.1. The maximum Gasteiger partial charge on any atom is 0.404 e. The molecule has 0 radical (unpaired) electrons. The van der Waals surface area contributed by atoms with Gasteiger partial charge in [0.05, 0.1) is 0 Å². The lowest BCUT2D eigenvalue weighted by Crippen LogP contribution is -2.24. The van der Waals surface area contributed by atoms with Crippen LogP contribution >= 0.6 is 0 Å². The summed E-state index contributed by atoms with van der Waals surface area (Å²) in [5.74, 6) is 0. The molecule has 4 heteroatoms. The van der Waals surface area contributed by atoms with Gasteiger partial charge in [-0.2, -0.15) is 0 Å². The fraction of sp³-hybridized carbons (Fsp3) is 0.462. The number of hydrogen-bond donors (Lipinski definition) is 3. The van der Waals surface area contributed by atoms with Gasteiger partial charge in [-0.15, -0.1) is 0 Å². The number of unbranched alkanes of at least 4 members (excludes halogenated alkanes) is 1. The van der Waals surface area contributed by atoms with E-state index in [4.69, 9.17) is 10.8 Å². The minimum absolute atomic E-state index is 0.155. The molecular weight excluding hydrogens is 216 g/mol. The van der Waals surface area contributed by atoms with E-state index in [1.54, 1.807) is 0 Å². The van der Waals surface area contributed by atoms with Gasteiger partial charge in [-0.3, -0.25) is 0 Å². The topological polar surface area (TPSA) is 75.3 Å². The van der Waals surface area contributed by atoms with Gasteiger partial charge in [0.15, 0.2) is 0 Å². The molecule has 0 bridgehead atoms. The zero-order valence-electron chi connectivity index (χ0n) is 9.93. The third kappa shape index (κ3) is 6.58. The molecule has 17 heavy (non-hydrogen) atoms. The van der Waals surface area contributed by atoms with Gasteiger partial charge < -0.3 is 16.2 Å². The lowest BCUT2D eigenvalue weighted by molar-refractivity contribution is 0.194. The van der Waals surface area contributed by atoms with Crippen LogP contribution in [0.25, 0.3) is 0 Å². The Hall–Kier alpha value is -1.55. The monoisotopic (exact) mass is 236 g/mol. The second-order valence-electron chi connectivity index (χ2n) is 4.18. The third-order valence-electron chi connectivity index (χ3n) is 2.62. The molecule has 0 aromatic heterocycles. The van der Waals surface area contributed by atoms with Crippen molar-refractivity contribution in [2.24, 2.45) is 5.73 Å². The van der Waals surface area contributed by atoms with Crippen LogP contribution in [0.2, 0.25) is 0 Å². The van der Waals surface area contributed by atoms with Gasteiger partial charge in [-0.05, 0) is 24.8 Å². The second-order valence-corrected chi connectivity index (χ2v) is 4.18. The number of carbonyl (C=O) groups is 1. The highest BCUT2D eigenvalue weighted by Gasteiger charge is 2.03. The van der Waals surface area contributed by atoms with Crippen LogP contribution in [-0.4, -0.2) is 23.8 Å². The van der Waals surface area contributed by atoms with Crippen LogP contribution in [0.5, 0.6) is 0 Å². The zero-order chi connectivity index (χ0) is 12.5. The Bertz CT molecular complexity index is 327. The highest BCUT2D eigenvalue weighted by atomic mass is 16.4. The van der Waals surface area contributed by atoms with E-state index < -0.39 is 6.09 Å². The van der Waals surface area contributed by atoms with E-state index >= 15 is 0 Å². The maximum absolute atomic E-state index is 10.2. The predicted molar refractivity (Wildman–Crippen MR) is 68.0 cm³/mol. The third-order valence-corrected chi connectivity index (χ3v) is 2.62. The van der Waals surface area contributed by atoms with Crippen molar-refractivity contribution in [1.29, 1.82) is 0 Å². The molecule has 1 atom stereocenters. The zero-order valence-corrected chi connectivity index (χ0v) is 9.93. The van der Waals surface area contributed by atoms with E-state index in [0.717, 1.165) is 25.7 Å². The predicted octanol–water partition coefficient (Wildman–Crippen LogP) is 1.99. The molecule has 0 spiro atoms. The highest BCUT2D eigenvalue weighted by molar-refractivity contribution is 5.64. The number of nitrogens with one attached hydrogen (secondary N) is 1. The molecule has 0 saturated carbocycles. The molecule has 1 rings (SSSR count). The molecule has 94 valence electrons. The number of nitrogens with two attached hydrogens (primary N) is 1. The summed E-state index contributed by atoms with van der Waals surface area (Å²) in [6, 6.07) is 10.3. The lowest BCUT2D eigenvalue weighted by Gasteiger charge is -2.11. The van der Waals surface area contributed by atoms with Crippen molar-refractivity contribution in [3.8, 4) is 0 Å². The van der Waals surface area contributed by atoms with Crippen molar-refractivity contribution in [2.75, 3.05) is 6.54 Å². The first-order valence-corrected chi connectivity index (χ1v) is 5.95. The molecular formula is C13H20N2O2. The van der Waals surface area contributed by atoms with Crippen LogP contribution in [0.3, 0.4) is 0 Å². The van der Waals surface area contributed by atoms with Crippen molar-refractivity contribution in [2.45, 2.75) is 31.7 Å². The summed E-state index contributed by atoms with van der Waals surface area (Å²) >= 11 is 0. The van der Waals surface area contributed by atoms with Crippen LogP contribution in [0.15, 0.2) is 30.3 Å². The van der Waals surface area contributed by atoms with Gasteiger partial charge >= 0.3 is 6.09 Å². The number of rotatable bonds is 7. The van der Waals surface area contributed by atoms with Crippen molar-refractivity contribution < 1.29 is 9.90 Å². The average Bonchev–Trinajstić information content (AvgIpc) is 2.29. The quantitative estimate of drug-likeness (QED) is 0.634. The summed E-state index contributed by atoms with van der Waals surface area (Å²) in [5.41, 5.74) is 7.26. The van der Waals surface area contributed by atoms with E-state index in [-0.39, 0.29) is 6.04 Å². The first-order chi connectivity index (χ1) is 8.18. The van der Waals surface area contributed by atoms with Crippen molar-refractivity contribution in [3.05, 3.63) is 35.9 Å². The van der Waals surface area contributed by atoms with E-state index in [9.17, 15) is 4.79 Å². The molecule has 0 aliphatic carbocycles. The molecule has 4 nitrogen and oxygen atoms in total. The summed E-state index contributed by atoms with van der Waals surface area (Å²) in [7, 11) is 0. The molecule has 1 amide bonds. The van der Waals surface area contributed by atoms with Crippen LogP contribution < -0.4 is 11.1 Å². The fourth-order valence-corrected chi connectivity index (χ4v) is 1.75. The summed E-state index contributed by atoms with van der Waals surface area (Å²) < 4.78 is 0. The second kappa shape index (κ2) is 7.68. The summed E-state index contributed by atoms with van der Waals surface area (Å²) in [6.45, 7) is 0.507. The van der Waals surface area contributed by atoms with Gasteiger partial charge in [0.1, 0.15) is 0 Å². The standard InChI is InChI=1S/C13H20N2O2/c14-12(8-4-5-9-15-13(16)17)10-11-6-2-1-3-7-11/h1-3,6-7,12,15H,4-5,8-10,14H2,(H,16,17). The minimum atomic E-state index is -0.960. The van der Waals surface area contributed by atoms with E-state index in [2.05, 4.69) is 17.4 Å². The molecule has 1 unspecified atom stereocenters. The molecule has 4 N–H and O–H groups in total. The molecule has 1 aromatic rings. The van der Waals surface area contributed by atoms with Gasteiger partial charge in [0.2, 0.25) is 0 Å². The number of benzene rings is 1. The van der Waals surface area contributed by atoms with Crippen molar-refractivity contribution >= 4 is 6.09 Å². The van der Waals surface area contributed by atoms with E-state index in [0.29, 0.717) is 6.54 Å². The van der Waals surface area contributed by atoms with Crippen LogP contribution in [0, 0.1) is 0 Å². The molecule has 0 saturated heterocycles. The number of hydrogen-bond acceptors (Lipinski definition) is 2. The maximum atomic E-state index is 10.2. The first-order valence-electron chi connectivity index (χ1n) is 5.95. The molecule has 0 heterocycles. The largest absolute Gasteiger partial charge is 0.465 e. The van der Waals surface area contributed by atoms with Gasteiger partial charge in [-0.25, -0.2) is 4.79 Å².